The number of ether oxygens (including phenoxy) is 1. The van der Waals surface area contributed by atoms with Crippen molar-refractivity contribution >= 4 is 35.6 Å². The lowest BCUT2D eigenvalue weighted by molar-refractivity contribution is -0.274. The van der Waals surface area contributed by atoms with E-state index in [9.17, 15) is 13.2 Å². The summed E-state index contributed by atoms with van der Waals surface area (Å²) in [5.41, 5.74) is 5.91. The fourth-order valence-corrected chi connectivity index (χ4v) is 2.16. The number of alkyl halides is 3. The van der Waals surface area contributed by atoms with Gasteiger partial charge >= 0.3 is 6.36 Å². The van der Waals surface area contributed by atoms with Crippen molar-refractivity contribution in [2.75, 3.05) is 26.0 Å². The van der Waals surface area contributed by atoms with E-state index in [4.69, 9.17) is 5.73 Å². The third-order valence-electron chi connectivity index (χ3n) is 3.32. The van der Waals surface area contributed by atoms with Crippen molar-refractivity contribution < 1.29 is 17.9 Å². The second kappa shape index (κ2) is 10.7. The predicted molar refractivity (Wildman–Crippen MR) is 106 cm³/mol. The molecule has 0 spiro atoms. The molecule has 0 aliphatic carbocycles. The standard InChI is InChI=1S/C16H25F3N4O.HI/c1-11(2)9-12(23(3)4)10-21-15(20)22-13-7-5-6-8-14(13)24-16(17,18)19;/h5-8,11-12H,9-10H2,1-4H3,(H3,20,21,22);1H. The van der Waals surface area contributed by atoms with Gasteiger partial charge in [0.15, 0.2) is 11.7 Å². The Bertz CT molecular complexity index is 550. The largest absolute Gasteiger partial charge is 0.573 e. The third kappa shape index (κ3) is 9.73. The molecule has 0 saturated carbocycles. The quantitative estimate of drug-likeness (QED) is 0.358. The molecule has 9 heteroatoms. The molecular formula is C16H26F3IN4O. The van der Waals surface area contributed by atoms with E-state index in [-0.39, 0.29) is 47.4 Å². The number of hydrogen-bond donors (Lipinski definition) is 2. The molecular weight excluding hydrogens is 448 g/mol. The number of halogens is 4. The van der Waals surface area contributed by atoms with E-state index in [2.05, 4.69) is 33.8 Å². The average Bonchev–Trinajstić information content (AvgIpc) is 2.43. The van der Waals surface area contributed by atoms with Crippen LogP contribution in [0, 0.1) is 5.92 Å². The van der Waals surface area contributed by atoms with Crippen LogP contribution in [0.5, 0.6) is 5.75 Å². The van der Waals surface area contributed by atoms with Gasteiger partial charge in [-0.1, -0.05) is 26.0 Å². The van der Waals surface area contributed by atoms with Gasteiger partial charge in [-0.2, -0.15) is 0 Å². The van der Waals surface area contributed by atoms with E-state index in [0.29, 0.717) is 12.5 Å². The number of nitrogens with two attached hydrogens (primary N) is 1. The highest BCUT2D eigenvalue weighted by Crippen LogP contribution is 2.29. The maximum atomic E-state index is 12.4. The highest BCUT2D eigenvalue weighted by atomic mass is 127. The van der Waals surface area contributed by atoms with E-state index in [1.165, 1.54) is 18.2 Å². The van der Waals surface area contributed by atoms with Crippen LogP contribution >= 0.6 is 24.0 Å². The number of nitrogens with zero attached hydrogens (tertiary/aromatic N) is 2. The number of guanidine groups is 1. The second-order valence-corrected chi connectivity index (χ2v) is 6.14. The first-order chi connectivity index (χ1) is 11.1. The van der Waals surface area contributed by atoms with E-state index < -0.39 is 6.36 Å². The molecule has 1 atom stereocenters. The maximum absolute atomic E-state index is 12.4. The minimum atomic E-state index is -4.77. The lowest BCUT2D eigenvalue weighted by atomic mass is 10.0. The average molecular weight is 474 g/mol. The summed E-state index contributed by atoms with van der Waals surface area (Å²) in [6.07, 6.45) is -3.82. The van der Waals surface area contributed by atoms with Crippen molar-refractivity contribution in [2.45, 2.75) is 32.7 Å². The summed E-state index contributed by atoms with van der Waals surface area (Å²) in [4.78, 5) is 6.29. The summed E-state index contributed by atoms with van der Waals surface area (Å²) in [6, 6.07) is 5.89. The second-order valence-electron chi connectivity index (χ2n) is 6.14. The van der Waals surface area contributed by atoms with Gasteiger partial charge in [-0.25, -0.2) is 0 Å². The molecule has 0 fully saturated rings. The van der Waals surface area contributed by atoms with Crippen LogP contribution in [0.4, 0.5) is 18.9 Å². The van der Waals surface area contributed by atoms with Gasteiger partial charge < -0.3 is 20.7 Å². The van der Waals surface area contributed by atoms with Crippen molar-refractivity contribution in [1.29, 1.82) is 0 Å². The zero-order chi connectivity index (χ0) is 18.3. The molecule has 1 aromatic carbocycles. The summed E-state index contributed by atoms with van der Waals surface area (Å²) in [6.45, 7) is 4.69. The zero-order valence-electron chi connectivity index (χ0n) is 14.8. The van der Waals surface area contributed by atoms with Crippen molar-refractivity contribution in [3.05, 3.63) is 24.3 Å². The van der Waals surface area contributed by atoms with Gasteiger partial charge in [0.05, 0.1) is 12.2 Å². The zero-order valence-corrected chi connectivity index (χ0v) is 17.1. The minimum absolute atomic E-state index is 0. The SMILES string of the molecule is CC(C)CC(CN=C(N)Nc1ccccc1OC(F)(F)F)N(C)C.I. The Morgan fingerprint density at radius 1 is 1.28 bits per heavy atom. The lowest BCUT2D eigenvalue weighted by Crippen LogP contribution is -2.34. The number of likely N-dealkylation sites (N-methyl/N-ethyl adjacent to an activating group) is 1. The lowest BCUT2D eigenvalue weighted by Gasteiger charge is -2.24. The first kappa shape index (κ1) is 23.8. The molecule has 144 valence electrons. The predicted octanol–water partition coefficient (Wildman–Crippen LogP) is 3.91. The first-order valence-corrected chi connectivity index (χ1v) is 7.66. The monoisotopic (exact) mass is 474 g/mol. The van der Waals surface area contributed by atoms with Gasteiger partial charge in [0.1, 0.15) is 0 Å². The molecule has 3 N–H and O–H groups in total. The molecule has 1 aromatic rings. The molecule has 0 radical (unpaired) electrons. The third-order valence-corrected chi connectivity index (χ3v) is 3.32. The topological polar surface area (TPSA) is 62.9 Å². The molecule has 0 saturated heterocycles. The number of hydrogen-bond acceptors (Lipinski definition) is 3. The first-order valence-electron chi connectivity index (χ1n) is 7.66. The van der Waals surface area contributed by atoms with Crippen LogP contribution in [0.2, 0.25) is 0 Å². The van der Waals surface area contributed by atoms with E-state index in [0.717, 1.165) is 6.42 Å². The van der Waals surface area contributed by atoms with Crippen LogP contribution in [0.3, 0.4) is 0 Å². The Balaban J connectivity index is 0.00000576. The van der Waals surface area contributed by atoms with Crippen LogP contribution in [0.15, 0.2) is 29.3 Å². The van der Waals surface area contributed by atoms with Crippen molar-refractivity contribution in [2.24, 2.45) is 16.6 Å². The van der Waals surface area contributed by atoms with Crippen LogP contribution in [-0.2, 0) is 0 Å². The molecule has 1 unspecified atom stereocenters. The highest BCUT2D eigenvalue weighted by Gasteiger charge is 2.32. The number of nitrogens with one attached hydrogen (secondary N) is 1. The normalized spacial score (nSPS) is 13.6. The van der Waals surface area contributed by atoms with Crippen molar-refractivity contribution in [3.63, 3.8) is 0 Å². The number of anilines is 1. The van der Waals surface area contributed by atoms with Gasteiger partial charge in [-0.05, 0) is 38.6 Å². The highest BCUT2D eigenvalue weighted by molar-refractivity contribution is 14.0. The van der Waals surface area contributed by atoms with E-state index in [1.807, 2.05) is 14.1 Å². The summed E-state index contributed by atoms with van der Waals surface area (Å²) in [5, 5.41) is 2.66. The Morgan fingerprint density at radius 2 is 1.88 bits per heavy atom. The number of para-hydroxylation sites is 2. The van der Waals surface area contributed by atoms with Gasteiger partial charge in [-0.15, -0.1) is 37.1 Å². The Hall–Kier alpha value is -1.23. The summed E-state index contributed by atoms with van der Waals surface area (Å²) >= 11 is 0. The Kier molecular flexibility index (Phi) is 10.2. The number of benzene rings is 1. The summed E-state index contributed by atoms with van der Waals surface area (Å²) in [5.74, 6) is 0.195. The minimum Gasteiger partial charge on any atom is -0.404 e. The van der Waals surface area contributed by atoms with Crippen molar-refractivity contribution in [3.8, 4) is 5.75 Å². The van der Waals surface area contributed by atoms with Gasteiger partial charge in [0.2, 0.25) is 0 Å². The molecule has 0 aliphatic heterocycles. The van der Waals surface area contributed by atoms with Crippen LogP contribution in [-0.4, -0.2) is 43.9 Å². The van der Waals surface area contributed by atoms with Crippen molar-refractivity contribution in [1.82, 2.24) is 4.90 Å². The summed E-state index contributed by atoms with van der Waals surface area (Å²) < 4.78 is 41.2. The molecule has 0 aliphatic rings. The molecule has 25 heavy (non-hydrogen) atoms. The molecule has 0 heterocycles. The van der Waals surface area contributed by atoms with Crippen LogP contribution in [0.25, 0.3) is 0 Å². The van der Waals surface area contributed by atoms with Gasteiger partial charge in [0.25, 0.3) is 0 Å². The Morgan fingerprint density at radius 3 is 2.40 bits per heavy atom. The van der Waals surface area contributed by atoms with Gasteiger partial charge in [-0.3, -0.25) is 4.99 Å². The molecule has 0 bridgehead atoms. The van der Waals surface area contributed by atoms with Gasteiger partial charge in [0, 0.05) is 6.04 Å². The molecule has 0 amide bonds. The smallest absolute Gasteiger partial charge is 0.404 e. The van der Waals surface area contributed by atoms with E-state index in [1.54, 1.807) is 6.07 Å². The molecule has 0 aromatic heterocycles. The Labute approximate surface area is 163 Å². The van der Waals surface area contributed by atoms with E-state index >= 15 is 0 Å². The molecule has 5 nitrogen and oxygen atoms in total. The fraction of sp³-hybridized carbons (Fsp3) is 0.562. The fourth-order valence-electron chi connectivity index (χ4n) is 2.16. The van der Waals surface area contributed by atoms with Crippen LogP contribution in [0.1, 0.15) is 20.3 Å². The molecule has 1 rings (SSSR count). The van der Waals surface area contributed by atoms with Crippen LogP contribution < -0.4 is 15.8 Å². The maximum Gasteiger partial charge on any atom is 0.573 e. The summed E-state index contributed by atoms with van der Waals surface area (Å²) in [7, 11) is 3.91. The number of aliphatic imine (C=N–C) groups is 1. The number of rotatable bonds is 7.